The summed E-state index contributed by atoms with van der Waals surface area (Å²) in [7, 11) is 0. The molecule has 2 aromatic carbocycles. The number of aliphatic carboxylic acids is 1. The first-order valence-corrected chi connectivity index (χ1v) is 13.1. The second-order valence-corrected chi connectivity index (χ2v) is 10.0. The average Bonchev–Trinajstić information content (AvgIpc) is 2.88. The van der Waals surface area contributed by atoms with Crippen molar-refractivity contribution >= 4 is 17.6 Å². The van der Waals surface area contributed by atoms with E-state index in [1.807, 2.05) is 44.4 Å². The van der Waals surface area contributed by atoms with Gasteiger partial charge in [-0.1, -0.05) is 36.7 Å². The van der Waals surface area contributed by atoms with Gasteiger partial charge in [-0.15, -0.1) is 0 Å². The number of likely N-dealkylation sites (tertiary alicyclic amines) is 1. The standard InChI is InChI=1S/C29H34ClN3O3/c1-4-24-20(12-14-33-13-6-8-22(18-33)29(34)35)7-5-9-25(24)23-16-31-28(32-17-23)21-10-11-27(26(30)15-21)36-19(2)3/h5,7,9-11,15-17,19,22H,4,6,8,12-14,18H2,1-3H3,(H,34,35). The molecule has 1 N–H and O–H groups in total. The molecule has 1 aliphatic rings. The number of piperidine rings is 1. The quantitative estimate of drug-likeness (QED) is 0.374. The summed E-state index contributed by atoms with van der Waals surface area (Å²) in [6.07, 6.45) is 7.31. The Bertz CT molecular complexity index is 1200. The van der Waals surface area contributed by atoms with Crippen LogP contribution >= 0.6 is 11.6 Å². The van der Waals surface area contributed by atoms with E-state index in [1.165, 1.54) is 11.1 Å². The minimum Gasteiger partial charge on any atom is -0.489 e. The number of rotatable bonds is 9. The maximum absolute atomic E-state index is 11.4. The van der Waals surface area contributed by atoms with Crippen molar-refractivity contribution in [2.24, 2.45) is 5.92 Å². The fraction of sp³-hybridized carbons (Fsp3) is 0.414. The lowest BCUT2D eigenvalue weighted by Crippen LogP contribution is -2.39. The van der Waals surface area contributed by atoms with E-state index >= 15 is 0 Å². The predicted octanol–water partition coefficient (Wildman–Crippen LogP) is 6.15. The minimum atomic E-state index is -0.679. The Kier molecular flexibility index (Phi) is 8.60. The molecule has 1 atom stereocenters. The molecule has 1 saturated heterocycles. The number of ether oxygens (including phenoxy) is 1. The van der Waals surface area contributed by atoms with Crippen LogP contribution in [0.1, 0.15) is 44.7 Å². The molecule has 0 radical (unpaired) electrons. The molecule has 0 saturated carbocycles. The molecule has 0 amide bonds. The maximum Gasteiger partial charge on any atom is 0.307 e. The summed E-state index contributed by atoms with van der Waals surface area (Å²) >= 11 is 6.40. The third-order valence-corrected chi connectivity index (χ3v) is 6.99. The van der Waals surface area contributed by atoms with Crippen molar-refractivity contribution in [3.8, 4) is 28.3 Å². The van der Waals surface area contributed by atoms with E-state index in [0.29, 0.717) is 23.1 Å². The lowest BCUT2D eigenvalue weighted by Gasteiger charge is -2.30. The Labute approximate surface area is 218 Å². The summed E-state index contributed by atoms with van der Waals surface area (Å²) in [6, 6.07) is 12.0. The molecule has 1 aromatic heterocycles. The van der Waals surface area contributed by atoms with Crippen molar-refractivity contribution in [3.05, 3.63) is 64.9 Å². The number of carbonyl (C=O) groups is 1. The molecule has 0 bridgehead atoms. The van der Waals surface area contributed by atoms with Crippen molar-refractivity contribution in [1.29, 1.82) is 0 Å². The van der Waals surface area contributed by atoms with E-state index in [9.17, 15) is 9.90 Å². The Morgan fingerprint density at radius 1 is 1.19 bits per heavy atom. The summed E-state index contributed by atoms with van der Waals surface area (Å²) in [5, 5.41) is 9.92. The maximum atomic E-state index is 11.4. The van der Waals surface area contributed by atoms with Crippen LogP contribution in [0.4, 0.5) is 0 Å². The molecule has 1 aliphatic heterocycles. The Hall–Kier alpha value is -2.96. The predicted molar refractivity (Wildman–Crippen MR) is 144 cm³/mol. The molecule has 1 unspecified atom stereocenters. The van der Waals surface area contributed by atoms with E-state index in [0.717, 1.165) is 55.5 Å². The van der Waals surface area contributed by atoms with Gasteiger partial charge < -0.3 is 14.7 Å². The van der Waals surface area contributed by atoms with E-state index < -0.39 is 5.97 Å². The van der Waals surface area contributed by atoms with E-state index in [1.54, 1.807) is 0 Å². The smallest absolute Gasteiger partial charge is 0.307 e. The van der Waals surface area contributed by atoms with Crippen LogP contribution in [0, 0.1) is 5.92 Å². The Morgan fingerprint density at radius 3 is 2.64 bits per heavy atom. The number of hydrogen-bond acceptors (Lipinski definition) is 5. The topological polar surface area (TPSA) is 75.6 Å². The highest BCUT2D eigenvalue weighted by atomic mass is 35.5. The molecule has 0 spiro atoms. The van der Waals surface area contributed by atoms with Crippen molar-refractivity contribution < 1.29 is 14.6 Å². The van der Waals surface area contributed by atoms with Gasteiger partial charge in [0.05, 0.1) is 17.0 Å². The monoisotopic (exact) mass is 507 g/mol. The molecular weight excluding hydrogens is 474 g/mol. The highest BCUT2D eigenvalue weighted by Gasteiger charge is 2.25. The summed E-state index contributed by atoms with van der Waals surface area (Å²) in [4.78, 5) is 23.0. The summed E-state index contributed by atoms with van der Waals surface area (Å²) in [5.74, 6) is 0.338. The average molecular weight is 508 g/mol. The summed E-state index contributed by atoms with van der Waals surface area (Å²) in [5.41, 5.74) is 5.55. The van der Waals surface area contributed by atoms with Crippen molar-refractivity contribution in [2.75, 3.05) is 19.6 Å². The molecule has 2 heterocycles. The molecule has 1 fully saturated rings. The van der Waals surface area contributed by atoms with Crippen LogP contribution in [-0.4, -0.2) is 51.7 Å². The third kappa shape index (κ3) is 6.23. The van der Waals surface area contributed by atoms with Gasteiger partial charge in [0, 0.05) is 36.6 Å². The van der Waals surface area contributed by atoms with Gasteiger partial charge in [0.25, 0.3) is 0 Å². The van der Waals surface area contributed by atoms with Gasteiger partial charge in [0.1, 0.15) is 5.75 Å². The van der Waals surface area contributed by atoms with E-state index in [2.05, 4.69) is 40.0 Å². The number of benzene rings is 2. The van der Waals surface area contributed by atoms with Crippen LogP contribution in [0.5, 0.6) is 5.75 Å². The highest BCUT2D eigenvalue weighted by Crippen LogP contribution is 2.31. The van der Waals surface area contributed by atoms with Crippen molar-refractivity contribution in [3.63, 3.8) is 0 Å². The summed E-state index contributed by atoms with van der Waals surface area (Å²) in [6.45, 7) is 8.58. The first-order chi connectivity index (χ1) is 17.4. The molecule has 3 aromatic rings. The molecular formula is C29H34ClN3O3. The van der Waals surface area contributed by atoms with Gasteiger partial charge in [-0.25, -0.2) is 9.97 Å². The molecule has 36 heavy (non-hydrogen) atoms. The number of nitrogens with zero attached hydrogens (tertiary/aromatic N) is 3. The van der Waals surface area contributed by atoms with Gasteiger partial charge in [-0.3, -0.25) is 4.79 Å². The second kappa shape index (κ2) is 11.8. The zero-order valence-corrected chi connectivity index (χ0v) is 22.0. The zero-order valence-electron chi connectivity index (χ0n) is 21.2. The lowest BCUT2D eigenvalue weighted by atomic mass is 9.93. The minimum absolute atomic E-state index is 0.0499. The van der Waals surface area contributed by atoms with Crippen molar-refractivity contribution in [1.82, 2.24) is 14.9 Å². The lowest BCUT2D eigenvalue weighted by molar-refractivity contribution is -0.143. The van der Waals surface area contributed by atoms with E-state index in [-0.39, 0.29) is 12.0 Å². The number of carboxylic acid groups (broad SMARTS) is 1. The molecule has 7 heteroatoms. The van der Waals surface area contributed by atoms with Crippen LogP contribution in [0.3, 0.4) is 0 Å². The summed E-state index contributed by atoms with van der Waals surface area (Å²) < 4.78 is 5.72. The fourth-order valence-corrected chi connectivity index (χ4v) is 5.13. The normalized spacial score (nSPS) is 16.3. The van der Waals surface area contributed by atoms with Gasteiger partial charge in [0.15, 0.2) is 5.82 Å². The van der Waals surface area contributed by atoms with Crippen LogP contribution in [0.25, 0.3) is 22.5 Å². The molecule has 4 rings (SSSR count). The number of aromatic nitrogens is 2. The molecule has 6 nitrogen and oxygen atoms in total. The fourth-order valence-electron chi connectivity index (χ4n) is 4.90. The number of carboxylic acids is 1. The van der Waals surface area contributed by atoms with Crippen molar-refractivity contribution in [2.45, 2.75) is 52.6 Å². The SMILES string of the molecule is CCc1c(CCN2CCCC(C(=O)O)C2)cccc1-c1cnc(-c2ccc(OC(C)C)c(Cl)c2)nc1. The molecule has 190 valence electrons. The highest BCUT2D eigenvalue weighted by molar-refractivity contribution is 6.32. The first kappa shape index (κ1) is 26.1. The number of hydrogen-bond donors (Lipinski definition) is 1. The second-order valence-electron chi connectivity index (χ2n) is 9.63. The largest absolute Gasteiger partial charge is 0.489 e. The van der Waals surface area contributed by atoms with Gasteiger partial charge in [-0.2, -0.15) is 0 Å². The van der Waals surface area contributed by atoms with Crippen LogP contribution in [0.2, 0.25) is 5.02 Å². The van der Waals surface area contributed by atoms with Crippen LogP contribution in [0.15, 0.2) is 48.8 Å². The first-order valence-electron chi connectivity index (χ1n) is 12.7. The van der Waals surface area contributed by atoms with Gasteiger partial charge >= 0.3 is 5.97 Å². The van der Waals surface area contributed by atoms with E-state index in [4.69, 9.17) is 16.3 Å². The van der Waals surface area contributed by atoms with Crippen LogP contribution < -0.4 is 4.74 Å². The van der Waals surface area contributed by atoms with Crippen LogP contribution in [-0.2, 0) is 17.6 Å². The molecule has 0 aliphatic carbocycles. The van der Waals surface area contributed by atoms with Gasteiger partial charge in [-0.05, 0) is 81.0 Å². The Morgan fingerprint density at radius 2 is 1.97 bits per heavy atom. The Balaban J connectivity index is 1.50. The zero-order chi connectivity index (χ0) is 25.7. The number of halogens is 1. The third-order valence-electron chi connectivity index (χ3n) is 6.69. The van der Waals surface area contributed by atoms with Gasteiger partial charge in [0.2, 0.25) is 0 Å².